The van der Waals surface area contributed by atoms with Gasteiger partial charge in [-0.25, -0.2) is 0 Å². The van der Waals surface area contributed by atoms with Gasteiger partial charge in [-0.1, -0.05) is 0 Å². The van der Waals surface area contributed by atoms with E-state index in [4.69, 9.17) is 5.73 Å². The highest BCUT2D eigenvalue weighted by Gasteiger charge is 2.63. The van der Waals surface area contributed by atoms with Crippen molar-refractivity contribution in [2.24, 2.45) is 5.73 Å². The van der Waals surface area contributed by atoms with Crippen LogP contribution in [0.4, 0.5) is 45.2 Å². The maximum Gasteiger partial charge on any atom is 0.471 e. The normalized spacial score (nSPS) is 13.5. The second-order valence-electron chi connectivity index (χ2n) is 9.48. The molecule has 0 aliphatic rings. The average Bonchev–Trinajstić information content (AvgIpc) is 2.83. The minimum atomic E-state index is -6.21. The van der Waals surface area contributed by atoms with Crippen molar-refractivity contribution in [2.75, 3.05) is 12.4 Å². The number of anilines is 1. The van der Waals surface area contributed by atoms with Crippen molar-refractivity contribution in [1.29, 1.82) is 0 Å². The Morgan fingerprint density at radius 1 is 0.907 bits per heavy atom. The Hall–Kier alpha value is -3.90. The molecule has 43 heavy (non-hydrogen) atoms. The first-order chi connectivity index (χ1) is 19.2. The van der Waals surface area contributed by atoms with Crippen LogP contribution in [0, 0.1) is 0 Å². The number of benzene rings is 1. The number of methoxy groups -OCH3 is 1. The average molecular weight is 642 g/mol. The van der Waals surface area contributed by atoms with E-state index in [0.717, 1.165) is 7.11 Å². The van der Waals surface area contributed by atoms with E-state index < -0.39 is 90.0 Å². The van der Waals surface area contributed by atoms with Crippen LogP contribution >= 0.6 is 0 Å². The van der Waals surface area contributed by atoms with Gasteiger partial charge in [0.2, 0.25) is 6.10 Å². The molecule has 0 spiro atoms. The minimum Gasteiger partial charge on any atom is -0.469 e. The summed E-state index contributed by atoms with van der Waals surface area (Å²) in [5, 5.41) is 1.32. The predicted octanol–water partition coefficient (Wildman–Crippen LogP) is 4.44. The molecule has 244 valence electrons. The van der Waals surface area contributed by atoms with Crippen molar-refractivity contribution in [2.45, 2.75) is 76.8 Å². The third kappa shape index (κ3) is 13.7. The lowest BCUT2D eigenvalue weighted by molar-refractivity contribution is -0.229. The predicted molar refractivity (Wildman–Crippen MR) is 128 cm³/mol. The number of ketones is 2. The molecule has 10 nitrogen and oxygen atoms in total. The van der Waals surface area contributed by atoms with Crippen molar-refractivity contribution < 1.29 is 77.7 Å². The van der Waals surface area contributed by atoms with Gasteiger partial charge in [0.15, 0.2) is 5.78 Å². The number of nitrogens with two attached hydrogens (primary N) is 1. The summed E-state index contributed by atoms with van der Waals surface area (Å²) >= 11 is 0. The molecule has 0 fully saturated rings. The van der Waals surface area contributed by atoms with Gasteiger partial charge in [-0.05, 0) is 39.0 Å². The SMILES string of the molecule is CC(C)(C)N.COC(=O)CCC(=O)c1cc(NC(=O)C(F)(F)F)ccc1OC(F)C(OC(C)=O)C(F)(F)C(=O)C(F)(F)F. The van der Waals surface area contributed by atoms with Gasteiger partial charge in [0.25, 0.3) is 6.36 Å². The molecule has 1 rings (SSSR count). The van der Waals surface area contributed by atoms with E-state index in [0.29, 0.717) is 25.1 Å². The van der Waals surface area contributed by atoms with Crippen LogP contribution in [0.25, 0.3) is 0 Å². The number of carbonyl (C=O) groups is 5. The van der Waals surface area contributed by atoms with Gasteiger partial charge in [-0.15, -0.1) is 0 Å². The summed E-state index contributed by atoms with van der Waals surface area (Å²) in [5.41, 5.74) is 3.65. The molecule has 2 atom stereocenters. The highest BCUT2D eigenvalue weighted by Crippen LogP contribution is 2.36. The number of esters is 2. The van der Waals surface area contributed by atoms with E-state index in [1.807, 2.05) is 20.8 Å². The Morgan fingerprint density at radius 3 is 1.84 bits per heavy atom. The molecule has 1 amide bonds. The van der Waals surface area contributed by atoms with Gasteiger partial charge >= 0.3 is 41.9 Å². The van der Waals surface area contributed by atoms with Gasteiger partial charge in [0.1, 0.15) is 5.75 Å². The molecule has 0 aliphatic heterocycles. The fraction of sp³-hybridized carbons (Fsp3) is 0.542. The second kappa shape index (κ2) is 15.0. The molecule has 0 radical (unpaired) electrons. The molecule has 1 aromatic carbocycles. The van der Waals surface area contributed by atoms with E-state index in [9.17, 15) is 63.5 Å². The molecular formula is C24H27F9N2O8. The lowest BCUT2D eigenvalue weighted by atomic mass is 10.0. The highest BCUT2D eigenvalue weighted by atomic mass is 19.4. The third-order valence-electron chi connectivity index (χ3n) is 4.27. The molecule has 0 heterocycles. The summed E-state index contributed by atoms with van der Waals surface area (Å²) in [6.45, 7) is 6.28. The second-order valence-corrected chi connectivity index (χ2v) is 9.48. The zero-order valence-corrected chi connectivity index (χ0v) is 23.0. The molecule has 0 aliphatic carbocycles. The first-order valence-corrected chi connectivity index (χ1v) is 11.6. The number of ether oxygens (including phenoxy) is 3. The summed E-state index contributed by atoms with van der Waals surface area (Å²) < 4.78 is 131. The van der Waals surface area contributed by atoms with Gasteiger partial charge in [0, 0.05) is 24.6 Å². The van der Waals surface area contributed by atoms with Gasteiger partial charge in [-0.2, -0.15) is 39.5 Å². The topological polar surface area (TPSA) is 151 Å². The number of rotatable bonds is 11. The number of halogens is 9. The van der Waals surface area contributed by atoms with E-state index >= 15 is 0 Å². The number of carbonyl (C=O) groups excluding carboxylic acids is 5. The fourth-order valence-corrected chi connectivity index (χ4v) is 2.55. The van der Waals surface area contributed by atoms with Crippen LogP contribution in [0.2, 0.25) is 0 Å². The van der Waals surface area contributed by atoms with E-state index in [1.54, 1.807) is 0 Å². The van der Waals surface area contributed by atoms with Crippen LogP contribution < -0.4 is 15.8 Å². The molecule has 2 unspecified atom stereocenters. The quantitative estimate of drug-likeness (QED) is 0.203. The summed E-state index contributed by atoms with van der Waals surface area (Å²) in [7, 11) is 0.930. The summed E-state index contributed by atoms with van der Waals surface area (Å²) in [6, 6.07) is 1.46. The van der Waals surface area contributed by atoms with Crippen molar-refractivity contribution in [3.63, 3.8) is 0 Å². The minimum absolute atomic E-state index is 0. The Kier molecular flexibility index (Phi) is 13.7. The van der Waals surface area contributed by atoms with Crippen LogP contribution in [0.15, 0.2) is 18.2 Å². The number of hydrogen-bond acceptors (Lipinski definition) is 9. The van der Waals surface area contributed by atoms with Crippen molar-refractivity contribution in [3.8, 4) is 5.75 Å². The van der Waals surface area contributed by atoms with Gasteiger partial charge in [-0.3, -0.25) is 24.0 Å². The molecule has 3 N–H and O–H groups in total. The summed E-state index contributed by atoms with van der Waals surface area (Å²) in [5.74, 6) is -17.1. The molecular weight excluding hydrogens is 615 g/mol. The van der Waals surface area contributed by atoms with Crippen LogP contribution in [0.3, 0.4) is 0 Å². The zero-order valence-electron chi connectivity index (χ0n) is 23.0. The Morgan fingerprint density at radius 2 is 1.42 bits per heavy atom. The zero-order chi connectivity index (χ0) is 34.1. The van der Waals surface area contributed by atoms with E-state index in [-0.39, 0.29) is 5.54 Å². The number of nitrogens with one attached hydrogen (secondary N) is 1. The third-order valence-corrected chi connectivity index (χ3v) is 4.27. The van der Waals surface area contributed by atoms with Crippen molar-refractivity contribution in [3.05, 3.63) is 23.8 Å². The van der Waals surface area contributed by atoms with E-state index in [1.165, 1.54) is 5.32 Å². The van der Waals surface area contributed by atoms with Gasteiger partial charge in [0.05, 0.1) is 19.1 Å². The first-order valence-electron chi connectivity index (χ1n) is 11.6. The lowest BCUT2D eigenvalue weighted by Gasteiger charge is -2.28. The number of amides is 1. The van der Waals surface area contributed by atoms with Gasteiger partial charge < -0.3 is 25.3 Å². The maximum atomic E-state index is 14.7. The number of Topliss-reactive ketones (excluding diaryl/α,β-unsaturated/α-hetero) is 2. The number of alkyl halides is 9. The molecule has 0 aromatic heterocycles. The van der Waals surface area contributed by atoms with Crippen LogP contribution in [0.5, 0.6) is 5.75 Å². The van der Waals surface area contributed by atoms with Crippen molar-refractivity contribution in [1.82, 2.24) is 0 Å². The molecule has 19 heteroatoms. The maximum absolute atomic E-state index is 14.7. The molecule has 0 bridgehead atoms. The smallest absolute Gasteiger partial charge is 0.469 e. The first kappa shape index (κ1) is 39.1. The Bertz CT molecular complexity index is 1170. The Balaban J connectivity index is 0.00000324. The standard InChI is InChI=1S/C20H16F9NO8.C4H11N/c1-8(31)37-14(18(22,23)16(34)19(24,25)26)15(21)38-12-5-3-9(30-17(35)20(27,28)29)7-10(12)11(32)4-6-13(33)36-2;1-4(2,3)5/h3,5,7,14-15H,4,6H2,1-2H3,(H,30,35);5H2,1-3H3. The lowest BCUT2D eigenvalue weighted by Crippen LogP contribution is -2.55. The van der Waals surface area contributed by atoms with E-state index in [2.05, 4.69) is 14.2 Å². The molecule has 0 saturated heterocycles. The van der Waals surface area contributed by atoms with Crippen LogP contribution in [0.1, 0.15) is 50.9 Å². The van der Waals surface area contributed by atoms with Crippen LogP contribution in [-0.2, 0) is 28.7 Å². The summed E-state index contributed by atoms with van der Waals surface area (Å²) in [4.78, 5) is 57.2. The fourth-order valence-electron chi connectivity index (χ4n) is 2.55. The van der Waals surface area contributed by atoms with Crippen molar-refractivity contribution >= 4 is 35.1 Å². The summed E-state index contributed by atoms with van der Waals surface area (Å²) in [6.07, 6.45) is -20.6. The van der Waals surface area contributed by atoms with Crippen LogP contribution in [-0.4, -0.2) is 72.8 Å². The monoisotopic (exact) mass is 642 g/mol. The molecule has 0 saturated carbocycles. The highest BCUT2D eigenvalue weighted by molar-refractivity contribution is 6.02. The largest absolute Gasteiger partial charge is 0.471 e. The Labute approximate surface area is 238 Å². The number of hydrogen-bond donors (Lipinski definition) is 2. The molecule has 1 aromatic rings.